The lowest BCUT2D eigenvalue weighted by Gasteiger charge is -2.34. The van der Waals surface area contributed by atoms with Gasteiger partial charge in [-0.3, -0.25) is 9.59 Å². The minimum Gasteiger partial charge on any atom is -0.457 e. The molecule has 0 spiro atoms. The standard InChI is InChI=1S/C26H40N2O5S/c1-15-8-9-21(16(2)10-20-14-34-19(5)28-20)33-23(30)11-22(29)26(6,7)25(32)18(4)24(31)17(3)13-27-12-15/h8,10,14,17-18,21-22,24,27,29,31H,9,11-13H2,1-7H3/b15-8-,16-10+/t17-,18-,21?,22+,24+/m1/s1. The van der Waals surface area contributed by atoms with E-state index in [1.165, 1.54) is 0 Å². The summed E-state index contributed by atoms with van der Waals surface area (Å²) in [6.07, 6.45) is 1.53. The second-order valence-corrected chi connectivity index (χ2v) is 11.2. The predicted molar refractivity (Wildman–Crippen MR) is 135 cm³/mol. The third-order valence-electron chi connectivity index (χ3n) is 6.68. The molecule has 8 heteroatoms. The minimum atomic E-state index is -1.23. The summed E-state index contributed by atoms with van der Waals surface area (Å²) in [6.45, 7) is 13.8. The highest BCUT2D eigenvalue weighted by atomic mass is 32.1. The summed E-state index contributed by atoms with van der Waals surface area (Å²) in [5.41, 5.74) is 1.54. The number of aromatic nitrogens is 1. The average molecular weight is 493 g/mol. The minimum absolute atomic E-state index is 0.156. The van der Waals surface area contributed by atoms with Gasteiger partial charge in [0, 0.05) is 30.8 Å². The quantitative estimate of drug-likeness (QED) is 0.427. The first-order valence-electron chi connectivity index (χ1n) is 11.9. The van der Waals surface area contributed by atoms with Crippen LogP contribution in [0.25, 0.3) is 6.08 Å². The second-order valence-electron chi connectivity index (χ2n) is 10.1. The maximum atomic E-state index is 13.1. The number of carbonyl (C=O) groups is 2. The molecule has 0 bridgehead atoms. The highest BCUT2D eigenvalue weighted by molar-refractivity contribution is 7.09. The first-order chi connectivity index (χ1) is 15.8. The van der Waals surface area contributed by atoms with E-state index in [9.17, 15) is 19.8 Å². The molecule has 0 fully saturated rings. The molecule has 1 aromatic rings. The number of thiazole rings is 1. The molecule has 1 aromatic heterocycles. The van der Waals surface area contributed by atoms with Gasteiger partial charge in [0.2, 0.25) is 0 Å². The highest BCUT2D eigenvalue weighted by Crippen LogP contribution is 2.31. The number of cyclic esters (lactones) is 1. The normalized spacial score (nSPS) is 32.1. The highest BCUT2D eigenvalue weighted by Gasteiger charge is 2.42. The molecule has 5 atom stereocenters. The van der Waals surface area contributed by atoms with Crippen LogP contribution in [0.3, 0.4) is 0 Å². The number of hydrogen-bond acceptors (Lipinski definition) is 8. The number of ether oxygens (including phenoxy) is 1. The molecule has 2 heterocycles. The smallest absolute Gasteiger partial charge is 0.309 e. The molecule has 0 aliphatic carbocycles. The number of aliphatic hydroxyl groups excluding tert-OH is 2. The Morgan fingerprint density at radius 1 is 1.26 bits per heavy atom. The van der Waals surface area contributed by atoms with E-state index in [0.29, 0.717) is 19.5 Å². The number of Topliss-reactive ketones (excluding diaryl/α,β-unsaturated/α-hetero) is 1. The number of aliphatic hydroxyl groups is 2. The summed E-state index contributed by atoms with van der Waals surface area (Å²) in [5.74, 6) is -1.68. The number of aryl methyl sites for hydroxylation is 1. The van der Waals surface area contributed by atoms with Crippen LogP contribution >= 0.6 is 11.3 Å². The van der Waals surface area contributed by atoms with Crippen molar-refractivity contribution in [3.05, 3.63) is 33.3 Å². The average Bonchev–Trinajstić information content (AvgIpc) is 3.18. The Hall–Kier alpha value is -1.87. The fourth-order valence-electron chi connectivity index (χ4n) is 4.12. The number of rotatable bonds is 2. The van der Waals surface area contributed by atoms with Crippen molar-refractivity contribution in [1.29, 1.82) is 0 Å². The fourth-order valence-corrected chi connectivity index (χ4v) is 4.69. The van der Waals surface area contributed by atoms with E-state index < -0.39 is 35.6 Å². The molecular formula is C26H40N2O5S. The van der Waals surface area contributed by atoms with Crippen LogP contribution in [-0.4, -0.2) is 58.4 Å². The predicted octanol–water partition coefficient (Wildman–Crippen LogP) is 3.69. The van der Waals surface area contributed by atoms with E-state index >= 15 is 0 Å². The van der Waals surface area contributed by atoms with Crippen molar-refractivity contribution in [2.75, 3.05) is 13.1 Å². The SMILES string of the molecule is C/C1=C/CC(/C(C)=C/c2csc(C)n2)OC(=O)C[C@H](O)C(C)(C)C(=O)[C@H](C)[C@@H](O)[C@H](C)CNC1. The van der Waals surface area contributed by atoms with Crippen LogP contribution < -0.4 is 5.32 Å². The van der Waals surface area contributed by atoms with Gasteiger partial charge < -0.3 is 20.3 Å². The van der Waals surface area contributed by atoms with Crippen molar-refractivity contribution in [2.45, 2.75) is 79.6 Å². The van der Waals surface area contributed by atoms with Crippen LogP contribution in [0.4, 0.5) is 0 Å². The van der Waals surface area contributed by atoms with Gasteiger partial charge in [-0.15, -0.1) is 11.3 Å². The first-order valence-corrected chi connectivity index (χ1v) is 12.8. The third kappa shape index (κ3) is 7.57. The monoisotopic (exact) mass is 492 g/mol. The summed E-state index contributed by atoms with van der Waals surface area (Å²) in [5, 5.41) is 27.8. The summed E-state index contributed by atoms with van der Waals surface area (Å²) >= 11 is 1.55. The number of esters is 1. The van der Waals surface area contributed by atoms with Crippen LogP contribution in [0.15, 0.2) is 22.6 Å². The summed E-state index contributed by atoms with van der Waals surface area (Å²) in [4.78, 5) is 30.4. The summed E-state index contributed by atoms with van der Waals surface area (Å²) < 4.78 is 5.79. The zero-order valence-corrected chi connectivity index (χ0v) is 22.2. The Kier molecular flexibility index (Phi) is 10.2. The first kappa shape index (κ1) is 28.4. The van der Waals surface area contributed by atoms with Crippen molar-refractivity contribution >= 4 is 29.2 Å². The molecule has 0 saturated carbocycles. The third-order valence-corrected chi connectivity index (χ3v) is 7.47. The van der Waals surface area contributed by atoms with Crippen molar-refractivity contribution in [3.8, 4) is 0 Å². The fraction of sp³-hybridized carbons (Fsp3) is 0.654. The molecule has 0 amide bonds. The summed E-state index contributed by atoms with van der Waals surface area (Å²) in [7, 11) is 0. The number of ketones is 1. The van der Waals surface area contributed by atoms with Crippen LogP contribution in [0, 0.1) is 24.2 Å². The molecule has 34 heavy (non-hydrogen) atoms. The topological polar surface area (TPSA) is 109 Å². The van der Waals surface area contributed by atoms with Gasteiger partial charge in [0.15, 0.2) is 0 Å². The number of nitrogens with zero attached hydrogens (tertiary/aromatic N) is 1. The number of hydrogen-bond donors (Lipinski definition) is 3. The van der Waals surface area contributed by atoms with Gasteiger partial charge in [-0.1, -0.05) is 39.3 Å². The lowest BCUT2D eigenvalue weighted by molar-refractivity contribution is -0.154. The Morgan fingerprint density at radius 2 is 1.94 bits per heavy atom. The van der Waals surface area contributed by atoms with E-state index in [4.69, 9.17) is 4.74 Å². The van der Waals surface area contributed by atoms with Crippen LogP contribution in [-0.2, 0) is 14.3 Å². The molecule has 0 saturated heterocycles. The molecule has 0 radical (unpaired) electrons. The van der Waals surface area contributed by atoms with Gasteiger partial charge in [0.25, 0.3) is 0 Å². The molecular weight excluding hydrogens is 452 g/mol. The van der Waals surface area contributed by atoms with Crippen LogP contribution in [0.5, 0.6) is 0 Å². The molecule has 7 nitrogen and oxygen atoms in total. The van der Waals surface area contributed by atoms with E-state index in [0.717, 1.165) is 21.8 Å². The van der Waals surface area contributed by atoms with Gasteiger partial charge in [-0.25, -0.2) is 4.98 Å². The van der Waals surface area contributed by atoms with Gasteiger partial charge in [-0.05, 0) is 38.3 Å². The molecule has 1 aliphatic rings. The Morgan fingerprint density at radius 3 is 2.56 bits per heavy atom. The van der Waals surface area contributed by atoms with Crippen molar-refractivity contribution in [2.24, 2.45) is 17.3 Å². The molecule has 1 aliphatic heterocycles. The van der Waals surface area contributed by atoms with E-state index in [1.54, 1.807) is 32.1 Å². The van der Waals surface area contributed by atoms with Gasteiger partial charge in [-0.2, -0.15) is 0 Å². The molecule has 2 rings (SSSR count). The molecule has 190 valence electrons. The zero-order valence-electron chi connectivity index (χ0n) is 21.4. The van der Waals surface area contributed by atoms with Gasteiger partial charge in [0.1, 0.15) is 11.9 Å². The van der Waals surface area contributed by atoms with Gasteiger partial charge in [0.05, 0.1) is 34.7 Å². The van der Waals surface area contributed by atoms with Crippen LogP contribution in [0.1, 0.15) is 65.1 Å². The zero-order chi connectivity index (χ0) is 25.6. The Labute approximate surface area is 207 Å². The Bertz CT molecular complexity index is 920. The van der Waals surface area contributed by atoms with E-state index in [2.05, 4.69) is 10.3 Å². The molecule has 3 N–H and O–H groups in total. The van der Waals surface area contributed by atoms with Gasteiger partial charge >= 0.3 is 5.97 Å². The maximum Gasteiger partial charge on any atom is 0.309 e. The number of nitrogens with one attached hydrogen (secondary N) is 1. The summed E-state index contributed by atoms with van der Waals surface area (Å²) in [6, 6.07) is 0. The van der Waals surface area contributed by atoms with E-state index in [1.807, 2.05) is 45.2 Å². The van der Waals surface area contributed by atoms with Crippen molar-refractivity contribution in [3.63, 3.8) is 0 Å². The maximum absolute atomic E-state index is 13.1. The second kappa shape index (κ2) is 12.2. The lowest BCUT2D eigenvalue weighted by atomic mass is 9.73. The lowest BCUT2D eigenvalue weighted by Crippen LogP contribution is -2.46. The van der Waals surface area contributed by atoms with Crippen molar-refractivity contribution < 1.29 is 24.5 Å². The van der Waals surface area contributed by atoms with E-state index in [-0.39, 0.29) is 18.1 Å². The van der Waals surface area contributed by atoms with Crippen molar-refractivity contribution in [1.82, 2.24) is 10.3 Å². The number of carbonyl (C=O) groups excluding carboxylic acids is 2. The molecule has 1 unspecified atom stereocenters. The Balaban J connectivity index is 2.33. The largest absolute Gasteiger partial charge is 0.457 e. The molecule has 0 aromatic carbocycles. The van der Waals surface area contributed by atoms with Crippen LogP contribution in [0.2, 0.25) is 0 Å².